The summed E-state index contributed by atoms with van der Waals surface area (Å²) in [6.07, 6.45) is 9.23. The van der Waals surface area contributed by atoms with Crippen LogP contribution in [-0.2, 0) is 16.1 Å². The molecule has 210 valence electrons. The van der Waals surface area contributed by atoms with Gasteiger partial charge in [-0.1, -0.05) is 25.1 Å². The monoisotopic (exact) mass is 543 g/mol. The molecule has 9 nitrogen and oxygen atoms in total. The van der Waals surface area contributed by atoms with E-state index in [4.69, 9.17) is 14.8 Å². The highest BCUT2D eigenvalue weighted by Gasteiger charge is 2.34. The van der Waals surface area contributed by atoms with E-state index >= 15 is 0 Å². The number of aromatic nitrogens is 4. The van der Waals surface area contributed by atoms with Gasteiger partial charge in [-0.25, -0.2) is 14.5 Å². The van der Waals surface area contributed by atoms with E-state index in [1.165, 1.54) is 0 Å². The molecule has 1 aliphatic rings. The van der Waals surface area contributed by atoms with Crippen LogP contribution in [0.2, 0.25) is 0 Å². The molecular weight excluding hydrogens is 506 g/mol. The second-order valence-corrected chi connectivity index (χ2v) is 10.9. The number of nitrogens with zero attached hydrogens (tertiary/aromatic N) is 5. The van der Waals surface area contributed by atoms with Crippen molar-refractivity contribution in [1.29, 1.82) is 0 Å². The average molecular weight is 544 g/mol. The average Bonchev–Trinajstić information content (AvgIpc) is 3.59. The summed E-state index contributed by atoms with van der Waals surface area (Å²) in [4.78, 5) is 33.1. The van der Waals surface area contributed by atoms with Crippen LogP contribution in [0.5, 0.6) is 0 Å². The Morgan fingerprint density at radius 2 is 1.82 bits per heavy atom. The molecule has 1 aromatic carbocycles. The van der Waals surface area contributed by atoms with Crippen LogP contribution < -0.4 is 4.90 Å². The number of carbonyl (C=O) groups excluding carboxylic acids is 2. The number of esters is 1. The number of pyridine rings is 1. The maximum atomic E-state index is 13.7. The summed E-state index contributed by atoms with van der Waals surface area (Å²) >= 11 is 0. The highest BCUT2D eigenvalue weighted by atomic mass is 16.5. The molecule has 1 N–H and O–H groups in total. The zero-order chi connectivity index (χ0) is 28.4. The molecule has 0 spiro atoms. The third kappa shape index (κ3) is 5.38. The Morgan fingerprint density at radius 3 is 2.48 bits per heavy atom. The number of fused-ring (bicyclic) bond motifs is 1. The van der Waals surface area contributed by atoms with Crippen LogP contribution in [0.4, 0.5) is 5.82 Å². The lowest BCUT2D eigenvalue weighted by molar-refractivity contribution is -0.124. The van der Waals surface area contributed by atoms with Crippen molar-refractivity contribution in [2.45, 2.75) is 66.0 Å². The fourth-order valence-corrected chi connectivity index (χ4v) is 5.45. The van der Waals surface area contributed by atoms with E-state index < -0.39 is 5.97 Å². The van der Waals surface area contributed by atoms with Crippen LogP contribution >= 0.6 is 0 Å². The minimum absolute atomic E-state index is 0.0159. The molecule has 3 aromatic heterocycles. The highest BCUT2D eigenvalue weighted by molar-refractivity contribution is 6.02. The SMILES string of the molecule is CCOC(=O)c1cn(-c2ccc(-c3cn4cccc(CO)c4n3)cc2)nc1N(C(=O)[C@H]1CC[C@H](C)CC1)C(C)C. The number of imidazole rings is 1. The molecule has 1 fully saturated rings. The van der Waals surface area contributed by atoms with Gasteiger partial charge in [0.15, 0.2) is 5.82 Å². The van der Waals surface area contributed by atoms with Gasteiger partial charge in [0, 0.05) is 41.7 Å². The van der Waals surface area contributed by atoms with Gasteiger partial charge in [0.2, 0.25) is 5.91 Å². The number of aliphatic hydroxyl groups excluding tert-OH is 1. The summed E-state index contributed by atoms with van der Waals surface area (Å²) in [5.41, 5.74) is 4.16. The topological polar surface area (TPSA) is 102 Å². The van der Waals surface area contributed by atoms with E-state index in [1.54, 1.807) is 22.7 Å². The van der Waals surface area contributed by atoms with Crippen LogP contribution in [0, 0.1) is 11.8 Å². The van der Waals surface area contributed by atoms with E-state index in [0.29, 0.717) is 17.4 Å². The minimum atomic E-state index is -0.500. The number of hydrogen-bond acceptors (Lipinski definition) is 6. The summed E-state index contributed by atoms with van der Waals surface area (Å²) in [5.74, 6) is 0.404. The number of anilines is 1. The molecule has 1 amide bonds. The Kier molecular flexibility index (Phi) is 8.02. The Hall–Kier alpha value is -3.98. The van der Waals surface area contributed by atoms with E-state index in [2.05, 4.69) is 6.92 Å². The van der Waals surface area contributed by atoms with Gasteiger partial charge in [0.1, 0.15) is 11.2 Å². The third-order valence-corrected chi connectivity index (χ3v) is 7.70. The van der Waals surface area contributed by atoms with Gasteiger partial charge in [-0.2, -0.15) is 0 Å². The Labute approximate surface area is 234 Å². The second kappa shape index (κ2) is 11.6. The summed E-state index contributed by atoms with van der Waals surface area (Å²) in [7, 11) is 0. The maximum absolute atomic E-state index is 13.7. The van der Waals surface area contributed by atoms with E-state index in [0.717, 1.165) is 48.2 Å². The van der Waals surface area contributed by atoms with Gasteiger partial charge in [0.05, 0.1) is 24.6 Å². The number of benzene rings is 1. The molecule has 1 saturated carbocycles. The fourth-order valence-electron chi connectivity index (χ4n) is 5.45. The second-order valence-electron chi connectivity index (χ2n) is 10.9. The van der Waals surface area contributed by atoms with E-state index in [-0.39, 0.29) is 36.6 Å². The van der Waals surface area contributed by atoms with Gasteiger partial charge in [-0.15, -0.1) is 5.10 Å². The molecule has 5 rings (SSSR count). The van der Waals surface area contributed by atoms with Crippen molar-refractivity contribution in [3.8, 4) is 16.9 Å². The van der Waals surface area contributed by atoms with Crippen molar-refractivity contribution in [3.63, 3.8) is 0 Å². The largest absolute Gasteiger partial charge is 0.462 e. The fraction of sp³-hybridized carbons (Fsp3) is 0.419. The molecule has 0 saturated heterocycles. The Morgan fingerprint density at radius 1 is 1.10 bits per heavy atom. The van der Waals surface area contributed by atoms with Gasteiger partial charge < -0.3 is 14.2 Å². The first-order chi connectivity index (χ1) is 19.3. The standard InChI is InChI=1S/C31H37N5O4/c1-5-40-31(39)26-17-35(33-29(26)36(20(2)3)30(38)23-10-8-21(4)9-11-23)25-14-12-22(13-15-25)27-18-34-16-6-7-24(19-37)28(34)32-27/h6-7,12-18,20-21,23,37H,5,8-11,19H2,1-4H3/t21-,23-. The maximum Gasteiger partial charge on any atom is 0.343 e. The van der Waals surface area contributed by atoms with Crippen molar-refractivity contribution in [2.24, 2.45) is 11.8 Å². The number of hydrogen-bond donors (Lipinski definition) is 1. The van der Waals surface area contributed by atoms with Crippen LogP contribution in [0.15, 0.2) is 55.0 Å². The van der Waals surface area contributed by atoms with Crippen LogP contribution in [0.1, 0.15) is 69.3 Å². The first-order valence-electron chi connectivity index (χ1n) is 14.1. The molecular formula is C31H37N5O4. The molecule has 9 heteroatoms. The lowest BCUT2D eigenvalue weighted by atomic mass is 9.82. The quantitative estimate of drug-likeness (QED) is 0.298. The number of rotatable bonds is 8. The zero-order valence-corrected chi connectivity index (χ0v) is 23.6. The van der Waals surface area contributed by atoms with Crippen molar-refractivity contribution < 1.29 is 19.4 Å². The number of carbonyl (C=O) groups is 2. The van der Waals surface area contributed by atoms with Crippen LogP contribution in [-0.4, -0.2) is 48.8 Å². The van der Waals surface area contributed by atoms with Crippen molar-refractivity contribution in [2.75, 3.05) is 11.5 Å². The van der Waals surface area contributed by atoms with Crippen molar-refractivity contribution >= 4 is 23.3 Å². The summed E-state index contributed by atoms with van der Waals surface area (Å²) in [6, 6.07) is 11.2. The Bertz CT molecular complexity index is 1500. The summed E-state index contributed by atoms with van der Waals surface area (Å²) in [5, 5.41) is 14.4. The van der Waals surface area contributed by atoms with E-state index in [1.807, 2.05) is 67.0 Å². The lowest BCUT2D eigenvalue weighted by Crippen LogP contribution is -2.43. The first kappa shape index (κ1) is 27.6. The van der Waals surface area contributed by atoms with Crippen molar-refractivity contribution in [1.82, 2.24) is 19.2 Å². The van der Waals surface area contributed by atoms with Crippen molar-refractivity contribution in [3.05, 3.63) is 66.1 Å². The lowest BCUT2D eigenvalue weighted by Gasteiger charge is -2.32. The minimum Gasteiger partial charge on any atom is -0.462 e. The number of ether oxygens (including phenoxy) is 1. The summed E-state index contributed by atoms with van der Waals surface area (Å²) in [6.45, 7) is 8.03. The number of aliphatic hydroxyl groups is 1. The zero-order valence-electron chi connectivity index (χ0n) is 23.6. The smallest absolute Gasteiger partial charge is 0.343 e. The molecule has 3 heterocycles. The molecule has 40 heavy (non-hydrogen) atoms. The van der Waals surface area contributed by atoms with Gasteiger partial charge in [0.25, 0.3) is 0 Å². The van der Waals surface area contributed by atoms with Gasteiger partial charge >= 0.3 is 5.97 Å². The summed E-state index contributed by atoms with van der Waals surface area (Å²) < 4.78 is 8.88. The predicted molar refractivity (Wildman–Crippen MR) is 153 cm³/mol. The molecule has 0 radical (unpaired) electrons. The molecule has 1 aliphatic carbocycles. The van der Waals surface area contributed by atoms with Crippen LogP contribution in [0.25, 0.3) is 22.6 Å². The highest BCUT2D eigenvalue weighted by Crippen LogP contribution is 2.33. The third-order valence-electron chi connectivity index (χ3n) is 7.70. The molecule has 0 atom stereocenters. The molecule has 0 aliphatic heterocycles. The van der Waals surface area contributed by atoms with Crippen LogP contribution in [0.3, 0.4) is 0 Å². The predicted octanol–water partition coefficient (Wildman–Crippen LogP) is 5.42. The normalized spacial score (nSPS) is 17.4. The van der Waals surface area contributed by atoms with Gasteiger partial charge in [-0.3, -0.25) is 9.69 Å². The molecule has 0 unspecified atom stereocenters. The number of amides is 1. The van der Waals surface area contributed by atoms with E-state index in [9.17, 15) is 14.7 Å². The molecule has 4 aromatic rings. The molecule has 0 bridgehead atoms. The Balaban J connectivity index is 1.48. The first-order valence-corrected chi connectivity index (χ1v) is 14.1. The van der Waals surface area contributed by atoms with Gasteiger partial charge in [-0.05, 0) is 70.6 Å².